The third kappa shape index (κ3) is 4.44. The minimum atomic E-state index is -1.46. The van der Waals surface area contributed by atoms with Crippen LogP contribution in [-0.2, 0) is 21.4 Å². The minimum Gasteiger partial charge on any atom is -0.481 e. The molecular formula is C13H17N3O5. The van der Waals surface area contributed by atoms with Gasteiger partial charge in [-0.3, -0.25) is 14.3 Å². The maximum atomic E-state index is 11.7. The Morgan fingerprint density at radius 2 is 1.95 bits per heavy atom. The topological polar surface area (TPSA) is 122 Å². The zero-order valence-corrected chi connectivity index (χ0v) is 12.0. The van der Waals surface area contributed by atoms with Gasteiger partial charge in [-0.1, -0.05) is 0 Å². The minimum absolute atomic E-state index is 0.675. The monoisotopic (exact) mass is 295 g/mol. The number of carbonyl (C=O) groups is 3. The predicted molar refractivity (Wildman–Crippen MR) is 73.5 cm³/mol. The summed E-state index contributed by atoms with van der Waals surface area (Å²) in [6, 6.07) is -1.46. The van der Waals surface area contributed by atoms with Gasteiger partial charge in [0.2, 0.25) is 5.91 Å². The van der Waals surface area contributed by atoms with Gasteiger partial charge in [0.05, 0.1) is 12.1 Å². The molecule has 0 spiro atoms. The number of aliphatic carboxylic acids is 2. The standard InChI is InChI=1S/C13H17N3O5/c1-7-9(8(2)16(3)15-7)4-5-11(17)14-10(13(20)21)6-12(18)19/h4-5,10H,6H2,1-3H3,(H,14,17)(H,18,19)(H,20,21)/b5-4+. The summed E-state index contributed by atoms with van der Waals surface area (Å²) in [6.45, 7) is 3.62. The van der Waals surface area contributed by atoms with Gasteiger partial charge in [0, 0.05) is 24.4 Å². The van der Waals surface area contributed by atoms with Crippen LogP contribution in [0.2, 0.25) is 0 Å². The third-order valence-electron chi connectivity index (χ3n) is 2.96. The van der Waals surface area contributed by atoms with Crippen molar-refractivity contribution in [2.75, 3.05) is 0 Å². The first-order valence-electron chi connectivity index (χ1n) is 6.15. The van der Waals surface area contributed by atoms with Gasteiger partial charge in [-0.15, -0.1) is 0 Å². The zero-order valence-electron chi connectivity index (χ0n) is 12.0. The number of rotatable bonds is 6. The Bertz CT molecular complexity index is 603. The fourth-order valence-electron chi connectivity index (χ4n) is 1.78. The molecule has 0 saturated carbocycles. The largest absolute Gasteiger partial charge is 0.481 e. The van der Waals surface area contributed by atoms with Gasteiger partial charge in [-0.25, -0.2) is 4.79 Å². The second kappa shape index (κ2) is 6.69. The molecule has 114 valence electrons. The Hall–Kier alpha value is -2.64. The molecule has 0 aliphatic heterocycles. The number of aryl methyl sites for hydroxylation is 2. The normalized spacial score (nSPS) is 12.3. The van der Waals surface area contributed by atoms with Crippen LogP contribution in [-0.4, -0.2) is 43.9 Å². The molecule has 0 aliphatic rings. The number of aromatic nitrogens is 2. The molecule has 0 radical (unpaired) electrons. The number of carbonyl (C=O) groups excluding carboxylic acids is 1. The van der Waals surface area contributed by atoms with Crippen LogP contribution in [0.5, 0.6) is 0 Å². The van der Waals surface area contributed by atoms with Crippen molar-refractivity contribution in [3.63, 3.8) is 0 Å². The summed E-state index contributed by atoms with van der Waals surface area (Å²) < 4.78 is 1.66. The molecule has 8 nitrogen and oxygen atoms in total. The van der Waals surface area contributed by atoms with Crippen molar-refractivity contribution < 1.29 is 24.6 Å². The lowest BCUT2D eigenvalue weighted by Crippen LogP contribution is -2.41. The highest BCUT2D eigenvalue weighted by Crippen LogP contribution is 2.13. The SMILES string of the molecule is Cc1nn(C)c(C)c1/C=C/C(=O)NC(CC(=O)O)C(=O)O. The summed E-state index contributed by atoms with van der Waals surface area (Å²) in [4.78, 5) is 33.0. The van der Waals surface area contributed by atoms with E-state index >= 15 is 0 Å². The predicted octanol–water partition coefficient (Wildman–Crippen LogP) is 0.0942. The number of amides is 1. The summed E-state index contributed by atoms with van der Waals surface area (Å²) in [5, 5.41) is 23.7. The molecule has 1 amide bonds. The molecule has 3 N–H and O–H groups in total. The first-order chi connectivity index (χ1) is 9.72. The van der Waals surface area contributed by atoms with E-state index in [1.165, 1.54) is 6.08 Å². The molecule has 1 rings (SSSR count). The van der Waals surface area contributed by atoms with Crippen LogP contribution in [0, 0.1) is 13.8 Å². The van der Waals surface area contributed by atoms with E-state index in [2.05, 4.69) is 10.4 Å². The smallest absolute Gasteiger partial charge is 0.326 e. The van der Waals surface area contributed by atoms with Gasteiger partial charge in [0.25, 0.3) is 0 Å². The van der Waals surface area contributed by atoms with Crippen molar-refractivity contribution in [2.24, 2.45) is 7.05 Å². The van der Waals surface area contributed by atoms with E-state index in [0.29, 0.717) is 0 Å². The molecular weight excluding hydrogens is 278 g/mol. The lowest BCUT2D eigenvalue weighted by atomic mass is 10.1. The molecule has 1 aromatic rings. The second-order valence-corrected chi connectivity index (χ2v) is 4.54. The van der Waals surface area contributed by atoms with Gasteiger partial charge in [0.1, 0.15) is 6.04 Å². The maximum absolute atomic E-state index is 11.7. The molecule has 0 aliphatic carbocycles. The van der Waals surface area contributed by atoms with E-state index in [-0.39, 0.29) is 0 Å². The molecule has 1 unspecified atom stereocenters. The van der Waals surface area contributed by atoms with E-state index in [9.17, 15) is 14.4 Å². The molecule has 1 aromatic heterocycles. The first-order valence-corrected chi connectivity index (χ1v) is 6.15. The van der Waals surface area contributed by atoms with Crippen molar-refractivity contribution in [3.8, 4) is 0 Å². The van der Waals surface area contributed by atoms with Crippen LogP contribution in [0.1, 0.15) is 23.4 Å². The number of carboxylic acid groups (broad SMARTS) is 2. The molecule has 0 aromatic carbocycles. The van der Waals surface area contributed by atoms with Crippen molar-refractivity contribution in [1.82, 2.24) is 15.1 Å². The Kier molecular flexibility index (Phi) is 5.23. The van der Waals surface area contributed by atoms with Crippen LogP contribution in [0.15, 0.2) is 6.08 Å². The summed E-state index contributed by atoms with van der Waals surface area (Å²) in [5.74, 6) is -3.37. The number of nitrogens with one attached hydrogen (secondary N) is 1. The average Bonchev–Trinajstić information content (AvgIpc) is 2.60. The lowest BCUT2D eigenvalue weighted by molar-refractivity contribution is -0.146. The third-order valence-corrected chi connectivity index (χ3v) is 2.96. The summed E-state index contributed by atoms with van der Waals surface area (Å²) in [5.41, 5.74) is 2.36. The lowest BCUT2D eigenvalue weighted by Gasteiger charge is -2.10. The van der Waals surface area contributed by atoms with Crippen molar-refractivity contribution in [3.05, 3.63) is 23.0 Å². The summed E-state index contributed by atoms with van der Waals surface area (Å²) in [6.07, 6.45) is 2.00. The van der Waals surface area contributed by atoms with Crippen LogP contribution >= 0.6 is 0 Å². The fraction of sp³-hybridized carbons (Fsp3) is 0.385. The molecule has 0 fully saturated rings. The van der Waals surface area contributed by atoms with Crippen LogP contribution < -0.4 is 5.32 Å². The zero-order chi connectivity index (χ0) is 16.2. The van der Waals surface area contributed by atoms with Gasteiger partial charge >= 0.3 is 11.9 Å². The van der Waals surface area contributed by atoms with E-state index < -0.39 is 30.3 Å². The van der Waals surface area contributed by atoms with Gasteiger partial charge in [-0.2, -0.15) is 5.10 Å². The Morgan fingerprint density at radius 3 is 2.38 bits per heavy atom. The molecule has 0 bridgehead atoms. The highest BCUT2D eigenvalue weighted by Gasteiger charge is 2.22. The number of hydrogen-bond acceptors (Lipinski definition) is 4. The van der Waals surface area contributed by atoms with Crippen molar-refractivity contribution in [2.45, 2.75) is 26.3 Å². The number of carboxylic acids is 2. The van der Waals surface area contributed by atoms with Crippen LogP contribution in [0.4, 0.5) is 0 Å². The van der Waals surface area contributed by atoms with E-state index in [4.69, 9.17) is 10.2 Å². The van der Waals surface area contributed by atoms with E-state index in [0.717, 1.165) is 23.0 Å². The number of hydrogen-bond donors (Lipinski definition) is 3. The Balaban J connectivity index is 2.78. The van der Waals surface area contributed by atoms with Crippen LogP contribution in [0.25, 0.3) is 6.08 Å². The average molecular weight is 295 g/mol. The molecule has 0 saturated heterocycles. The quantitative estimate of drug-likeness (QED) is 0.640. The van der Waals surface area contributed by atoms with Crippen molar-refractivity contribution >= 4 is 23.9 Å². The van der Waals surface area contributed by atoms with Gasteiger partial charge < -0.3 is 15.5 Å². The fourth-order valence-corrected chi connectivity index (χ4v) is 1.78. The van der Waals surface area contributed by atoms with Gasteiger partial charge in [-0.05, 0) is 19.9 Å². The maximum Gasteiger partial charge on any atom is 0.326 e. The summed E-state index contributed by atoms with van der Waals surface area (Å²) in [7, 11) is 1.77. The Labute approximate surface area is 121 Å². The van der Waals surface area contributed by atoms with Gasteiger partial charge in [0.15, 0.2) is 0 Å². The Morgan fingerprint density at radius 1 is 1.33 bits per heavy atom. The number of nitrogens with zero attached hydrogens (tertiary/aromatic N) is 2. The molecule has 1 heterocycles. The molecule has 1 atom stereocenters. The van der Waals surface area contributed by atoms with E-state index in [1.54, 1.807) is 18.7 Å². The molecule has 8 heteroatoms. The highest BCUT2D eigenvalue weighted by molar-refractivity contribution is 5.95. The summed E-state index contributed by atoms with van der Waals surface area (Å²) >= 11 is 0. The molecule has 21 heavy (non-hydrogen) atoms. The highest BCUT2D eigenvalue weighted by atomic mass is 16.4. The van der Waals surface area contributed by atoms with E-state index in [1.807, 2.05) is 6.92 Å². The second-order valence-electron chi connectivity index (χ2n) is 4.54. The van der Waals surface area contributed by atoms with Crippen LogP contribution in [0.3, 0.4) is 0 Å². The first kappa shape index (κ1) is 16.4. The van der Waals surface area contributed by atoms with Crippen molar-refractivity contribution in [1.29, 1.82) is 0 Å².